The van der Waals surface area contributed by atoms with Crippen LogP contribution in [0.1, 0.15) is 6.92 Å². The van der Waals surface area contributed by atoms with Gasteiger partial charge in [-0.1, -0.05) is 18.2 Å². The summed E-state index contributed by atoms with van der Waals surface area (Å²) in [6.45, 7) is 2.22. The number of anilines is 3. The summed E-state index contributed by atoms with van der Waals surface area (Å²) < 4.78 is 5.05. The van der Waals surface area contributed by atoms with Gasteiger partial charge in [-0.05, 0) is 43.3 Å². The number of nitrogens with one attached hydrogen (secondary N) is 2. The SMILES string of the molecule is COCC(C)Nc1ncnc(Nc2ccc(N=Nc3ccccc3)cc2)c1[N+](=O)[O-]. The summed E-state index contributed by atoms with van der Waals surface area (Å²) >= 11 is 0. The highest BCUT2D eigenvalue weighted by Gasteiger charge is 2.24. The number of nitrogens with zero attached hydrogens (tertiary/aromatic N) is 5. The van der Waals surface area contributed by atoms with Gasteiger partial charge in [0.05, 0.1) is 22.9 Å². The monoisotopic (exact) mass is 407 g/mol. The Morgan fingerprint density at radius 1 is 1.03 bits per heavy atom. The number of azo groups is 1. The molecule has 0 amide bonds. The van der Waals surface area contributed by atoms with Crippen LogP contribution in [-0.4, -0.2) is 34.6 Å². The lowest BCUT2D eigenvalue weighted by atomic mass is 10.2. The number of methoxy groups -OCH3 is 1. The lowest BCUT2D eigenvalue weighted by molar-refractivity contribution is -0.383. The third kappa shape index (κ3) is 5.55. The van der Waals surface area contributed by atoms with E-state index in [-0.39, 0.29) is 23.4 Å². The first-order valence-corrected chi connectivity index (χ1v) is 9.15. The topological polar surface area (TPSA) is 127 Å². The van der Waals surface area contributed by atoms with E-state index in [0.29, 0.717) is 18.0 Å². The second-order valence-corrected chi connectivity index (χ2v) is 6.38. The van der Waals surface area contributed by atoms with Crippen molar-refractivity contribution in [2.24, 2.45) is 10.2 Å². The number of aromatic nitrogens is 2. The van der Waals surface area contributed by atoms with Gasteiger partial charge >= 0.3 is 5.69 Å². The van der Waals surface area contributed by atoms with Crippen molar-refractivity contribution in [3.05, 3.63) is 71.0 Å². The van der Waals surface area contributed by atoms with Gasteiger partial charge in [0.25, 0.3) is 0 Å². The number of ether oxygens (including phenoxy) is 1. The Labute approximate surface area is 173 Å². The molecule has 1 unspecified atom stereocenters. The van der Waals surface area contributed by atoms with Crippen molar-refractivity contribution in [3.63, 3.8) is 0 Å². The van der Waals surface area contributed by atoms with Crippen molar-refractivity contribution < 1.29 is 9.66 Å². The zero-order chi connectivity index (χ0) is 21.3. The summed E-state index contributed by atoms with van der Waals surface area (Å²) in [5.74, 6) is 0.205. The molecular formula is C20H21N7O3. The van der Waals surface area contributed by atoms with E-state index < -0.39 is 4.92 Å². The van der Waals surface area contributed by atoms with Crippen LogP contribution in [-0.2, 0) is 4.74 Å². The molecule has 0 aliphatic carbocycles. The highest BCUT2D eigenvalue weighted by atomic mass is 16.6. The predicted octanol–water partition coefficient (Wildman–Crippen LogP) is 4.99. The van der Waals surface area contributed by atoms with Crippen molar-refractivity contribution in [3.8, 4) is 0 Å². The normalized spacial score (nSPS) is 11.9. The fraction of sp³-hybridized carbons (Fsp3) is 0.200. The van der Waals surface area contributed by atoms with Crippen LogP contribution in [0.25, 0.3) is 0 Å². The number of nitro groups is 1. The number of hydrogen-bond acceptors (Lipinski definition) is 9. The Morgan fingerprint density at radius 2 is 1.67 bits per heavy atom. The van der Waals surface area contributed by atoms with E-state index in [2.05, 4.69) is 30.8 Å². The molecule has 2 aromatic carbocycles. The molecule has 0 radical (unpaired) electrons. The zero-order valence-electron chi connectivity index (χ0n) is 16.5. The smallest absolute Gasteiger partial charge is 0.353 e. The highest BCUT2D eigenvalue weighted by Crippen LogP contribution is 2.32. The molecule has 2 N–H and O–H groups in total. The van der Waals surface area contributed by atoms with E-state index in [1.807, 2.05) is 37.3 Å². The van der Waals surface area contributed by atoms with Crippen LogP contribution in [0.4, 0.5) is 34.4 Å². The van der Waals surface area contributed by atoms with Crippen LogP contribution in [0.3, 0.4) is 0 Å². The van der Waals surface area contributed by atoms with Crippen LogP contribution in [0, 0.1) is 10.1 Å². The highest BCUT2D eigenvalue weighted by molar-refractivity contribution is 5.74. The molecule has 10 heteroatoms. The Bertz CT molecular complexity index is 1010. The molecule has 0 saturated carbocycles. The molecular weight excluding hydrogens is 386 g/mol. The largest absolute Gasteiger partial charge is 0.383 e. The van der Waals surface area contributed by atoms with Gasteiger partial charge in [0, 0.05) is 18.8 Å². The van der Waals surface area contributed by atoms with Gasteiger partial charge in [-0.2, -0.15) is 10.2 Å². The third-order valence-electron chi connectivity index (χ3n) is 3.97. The lowest BCUT2D eigenvalue weighted by Gasteiger charge is -2.14. The molecule has 0 fully saturated rings. The van der Waals surface area contributed by atoms with E-state index >= 15 is 0 Å². The third-order valence-corrected chi connectivity index (χ3v) is 3.97. The van der Waals surface area contributed by atoms with Gasteiger partial charge in [-0.25, -0.2) is 9.97 Å². The van der Waals surface area contributed by atoms with Crippen LogP contribution >= 0.6 is 0 Å². The summed E-state index contributed by atoms with van der Waals surface area (Å²) in [5, 5.41) is 25.9. The standard InChI is InChI=1S/C20H21N7O3/c1-14(12-30-2)23-19-18(27(28)29)20(22-13-21-19)24-15-8-10-17(11-9-15)26-25-16-6-4-3-5-7-16/h3-11,13-14H,12H2,1-2H3,(H2,21,22,23,24). The average molecular weight is 407 g/mol. The molecule has 0 bridgehead atoms. The van der Waals surface area contributed by atoms with Gasteiger partial charge in [-0.15, -0.1) is 0 Å². The molecule has 0 saturated heterocycles. The number of benzene rings is 2. The minimum Gasteiger partial charge on any atom is -0.383 e. The van der Waals surface area contributed by atoms with Crippen molar-refractivity contribution in [2.75, 3.05) is 24.4 Å². The van der Waals surface area contributed by atoms with Gasteiger partial charge < -0.3 is 15.4 Å². The second-order valence-electron chi connectivity index (χ2n) is 6.38. The first-order chi connectivity index (χ1) is 14.6. The number of hydrogen-bond donors (Lipinski definition) is 2. The van der Waals surface area contributed by atoms with Crippen LogP contribution in [0.5, 0.6) is 0 Å². The minimum absolute atomic E-state index is 0.0841. The summed E-state index contributed by atoms with van der Waals surface area (Å²) in [6.07, 6.45) is 1.26. The van der Waals surface area contributed by atoms with Gasteiger partial charge in [0.1, 0.15) is 6.33 Å². The summed E-state index contributed by atoms with van der Waals surface area (Å²) in [5.41, 5.74) is 1.77. The van der Waals surface area contributed by atoms with E-state index in [1.54, 1.807) is 31.4 Å². The zero-order valence-corrected chi connectivity index (χ0v) is 16.5. The maximum atomic E-state index is 11.6. The maximum Gasteiger partial charge on any atom is 0.353 e. The van der Waals surface area contributed by atoms with E-state index in [9.17, 15) is 10.1 Å². The van der Waals surface area contributed by atoms with Gasteiger partial charge in [0.2, 0.25) is 11.6 Å². The first kappa shape index (κ1) is 20.8. The molecule has 1 heterocycles. The Balaban J connectivity index is 1.77. The average Bonchev–Trinajstić information content (AvgIpc) is 2.74. The van der Waals surface area contributed by atoms with Crippen LogP contribution in [0.2, 0.25) is 0 Å². The number of rotatable bonds is 9. The fourth-order valence-electron chi connectivity index (χ4n) is 2.63. The summed E-state index contributed by atoms with van der Waals surface area (Å²) in [7, 11) is 1.56. The molecule has 1 aromatic heterocycles. The molecule has 154 valence electrons. The predicted molar refractivity (Wildman–Crippen MR) is 114 cm³/mol. The van der Waals surface area contributed by atoms with Crippen molar-refractivity contribution >= 4 is 34.4 Å². The summed E-state index contributed by atoms with van der Waals surface area (Å²) in [4.78, 5) is 19.1. The van der Waals surface area contributed by atoms with Crippen molar-refractivity contribution in [1.82, 2.24) is 9.97 Å². The Hall–Kier alpha value is -3.92. The Kier molecular flexibility index (Phi) is 6.95. The molecule has 10 nitrogen and oxygen atoms in total. The molecule has 0 spiro atoms. The van der Waals surface area contributed by atoms with Gasteiger partial charge in [0.15, 0.2) is 0 Å². The second kappa shape index (κ2) is 10.0. The quantitative estimate of drug-likeness (QED) is 0.290. The molecule has 1 atom stereocenters. The van der Waals surface area contributed by atoms with Crippen molar-refractivity contribution in [2.45, 2.75) is 13.0 Å². The Morgan fingerprint density at radius 3 is 2.30 bits per heavy atom. The summed E-state index contributed by atoms with van der Waals surface area (Å²) in [6, 6.07) is 16.2. The molecule has 3 aromatic rings. The molecule has 0 aliphatic rings. The van der Waals surface area contributed by atoms with Crippen molar-refractivity contribution in [1.29, 1.82) is 0 Å². The maximum absolute atomic E-state index is 11.6. The molecule has 3 rings (SSSR count). The van der Waals surface area contributed by atoms with E-state index in [0.717, 1.165) is 5.69 Å². The molecule has 30 heavy (non-hydrogen) atoms. The van der Waals surface area contributed by atoms with Gasteiger partial charge in [-0.3, -0.25) is 10.1 Å². The minimum atomic E-state index is -0.521. The van der Waals surface area contributed by atoms with Crippen LogP contribution in [0.15, 0.2) is 71.2 Å². The van der Waals surface area contributed by atoms with Crippen LogP contribution < -0.4 is 10.6 Å². The lowest BCUT2D eigenvalue weighted by Crippen LogP contribution is -2.22. The molecule has 0 aliphatic heterocycles. The first-order valence-electron chi connectivity index (χ1n) is 9.15. The fourth-order valence-corrected chi connectivity index (χ4v) is 2.63. The van der Waals surface area contributed by atoms with E-state index in [4.69, 9.17) is 4.74 Å². The van der Waals surface area contributed by atoms with E-state index in [1.165, 1.54) is 6.33 Å².